The van der Waals surface area contributed by atoms with Gasteiger partial charge in [0.2, 0.25) is 0 Å². The first kappa shape index (κ1) is 15.8. The van der Waals surface area contributed by atoms with Crippen LogP contribution < -0.4 is 4.90 Å². The summed E-state index contributed by atoms with van der Waals surface area (Å²) < 4.78 is 0.586. The van der Waals surface area contributed by atoms with Gasteiger partial charge in [-0.25, -0.2) is 0 Å². The lowest BCUT2D eigenvalue weighted by molar-refractivity contribution is -0.113. The molecule has 0 unspecified atom stereocenters. The van der Waals surface area contributed by atoms with E-state index in [-0.39, 0.29) is 5.91 Å². The minimum absolute atomic E-state index is 0.0423. The molecule has 1 fully saturated rings. The second-order valence-corrected chi connectivity index (χ2v) is 8.54. The van der Waals surface area contributed by atoms with Gasteiger partial charge in [0.05, 0.1) is 10.6 Å². The Morgan fingerprint density at radius 1 is 1.27 bits per heavy atom. The van der Waals surface area contributed by atoms with Gasteiger partial charge in [0, 0.05) is 14.6 Å². The van der Waals surface area contributed by atoms with Crippen LogP contribution in [0.1, 0.15) is 9.75 Å². The summed E-state index contributed by atoms with van der Waals surface area (Å²) in [5.74, 6) is -0.0423. The van der Waals surface area contributed by atoms with Gasteiger partial charge >= 0.3 is 0 Å². The zero-order chi connectivity index (χ0) is 15.7. The van der Waals surface area contributed by atoms with Gasteiger partial charge in [-0.05, 0) is 49.6 Å². The van der Waals surface area contributed by atoms with E-state index in [2.05, 4.69) is 13.0 Å². The van der Waals surface area contributed by atoms with E-state index in [0.717, 1.165) is 15.5 Å². The van der Waals surface area contributed by atoms with Crippen LogP contribution in [0.2, 0.25) is 0 Å². The van der Waals surface area contributed by atoms with Crippen molar-refractivity contribution in [1.29, 1.82) is 0 Å². The van der Waals surface area contributed by atoms with E-state index in [1.54, 1.807) is 28.0 Å². The van der Waals surface area contributed by atoms with Crippen LogP contribution in [0.25, 0.3) is 6.08 Å². The maximum atomic E-state index is 12.7. The molecule has 0 atom stereocenters. The van der Waals surface area contributed by atoms with Gasteiger partial charge < -0.3 is 0 Å². The first-order valence-corrected chi connectivity index (χ1v) is 9.83. The third-order valence-electron chi connectivity index (χ3n) is 3.14. The lowest BCUT2D eigenvalue weighted by atomic mass is 10.3. The van der Waals surface area contributed by atoms with Crippen LogP contribution >= 0.6 is 47.1 Å². The number of hydrogen-bond donors (Lipinski definition) is 0. The van der Waals surface area contributed by atoms with Gasteiger partial charge in [-0.15, -0.1) is 23.1 Å². The fourth-order valence-corrected chi connectivity index (χ4v) is 4.74. The summed E-state index contributed by atoms with van der Waals surface area (Å²) in [6.45, 7) is 2.06. The zero-order valence-electron chi connectivity index (χ0n) is 12.0. The summed E-state index contributed by atoms with van der Waals surface area (Å²) >= 11 is 10.1. The highest BCUT2D eigenvalue weighted by Gasteiger charge is 2.33. The molecule has 1 aliphatic rings. The second kappa shape index (κ2) is 6.58. The number of thioether (sulfide) groups is 2. The third-order valence-corrected chi connectivity index (χ3v) is 6.11. The Morgan fingerprint density at radius 2 is 2.09 bits per heavy atom. The number of aryl methyl sites for hydroxylation is 1. The van der Waals surface area contributed by atoms with Crippen LogP contribution in [0.4, 0.5) is 5.69 Å². The van der Waals surface area contributed by atoms with Crippen LogP contribution in [-0.4, -0.2) is 16.5 Å². The van der Waals surface area contributed by atoms with Crippen molar-refractivity contribution >= 4 is 69.1 Å². The molecule has 0 aliphatic carbocycles. The highest BCUT2D eigenvalue weighted by atomic mass is 32.2. The maximum Gasteiger partial charge on any atom is 0.270 e. The van der Waals surface area contributed by atoms with Gasteiger partial charge in [0.25, 0.3) is 5.91 Å². The molecule has 0 bridgehead atoms. The first-order chi connectivity index (χ1) is 10.6. The highest BCUT2D eigenvalue weighted by molar-refractivity contribution is 8.27. The molecule has 1 saturated heterocycles. The number of thiocarbonyl (C=S) groups is 1. The molecule has 0 saturated carbocycles. The average molecular weight is 364 g/mol. The molecule has 0 radical (unpaired) electrons. The van der Waals surface area contributed by atoms with Gasteiger partial charge in [-0.1, -0.05) is 30.0 Å². The molecular formula is C16H13NOS4. The maximum absolute atomic E-state index is 12.7. The lowest BCUT2D eigenvalue weighted by Gasteiger charge is -2.15. The van der Waals surface area contributed by atoms with E-state index in [0.29, 0.717) is 9.23 Å². The van der Waals surface area contributed by atoms with E-state index < -0.39 is 0 Å². The quantitative estimate of drug-likeness (QED) is 0.425. The standard InChI is InChI=1S/C16H13NOS4/c1-10-6-7-13(21-10)9-14-15(18)17(16(19)22-14)11-4-3-5-12(8-11)20-2/h3-9H,1-2H3/b14-9+. The van der Waals surface area contributed by atoms with Crippen molar-refractivity contribution in [2.24, 2.45) is 0 Å². The largest absolute Gasteiger partial charge is 0.270 e. The number of hydrogen-bond acceptors (Lipinski definition) is 5. The highest BCUT2D eigenvalue weighted by Crippen LogP contribution is 2.37. The minimum atomic E-state index is -0.0423. The fourth-order valence-electron chi connectivity index (χ4n) is 2.10. The monoisotopic (exact) mass is 363 g/mol. The third kappa shape index (κ3) is 3.15. The summed E-state index contributed by atoms with van der Waals surface area (Å²) in [7, 11) is 0. The van der Waals surface area contributed by atoms with Crippen molar-refractivity contribution in [3.63, 3.8) is 0 Å². The van der Waals surface area contributed by atoms with E-state index >= 15 is 0 Å². The number of carbonyl (C=O) groups excluding carboxylic acids is 1. The van der Waals surface area contributed by atoms with Crippen LogP contribution in [0.15, 0.2) is 46.2 Å². The average Bonchev–Trinajstić information content (AvgIpc) is 3.03. The molecule has 1 aromatic heterocycles. The predicted molar refractivity (Wildman–Crippen MR) is 103 cm³/mol. The summed E-state index contributed by atoms with van der Waals surface area (Å²) in [4.78, 5) is 18.4. The van der Waals surface area contributed by atoms with Crippen molar-refractivity contribution in [3.05, 3.63) is 51.1 Å². The van der Waals surface area contributed by atoms with E-state index in [9.17, 15) is 4.79 Å². The summed E-state index contributed by atoms with van der Waals surface area (Å²) in [5.41, 5.74) is 0.833. The summed E-state index contributed by atoms with van der Waals surface area (Å²) in [6.07, 6.45) is 3.94. The fraction of sp³-hybridized carbons (Fsp3) is 0.125. The number of nitrogens with zero attached hydrogens (tertiary/aromatic N) is 1. The Morgan fingerprint density at radius 3 is 2.77 bits per heavy atom. The van der Waals surface area contributed by atoms with E-state index in [1.807, 2.05) is 42.7 Å². The molecule has 3 rings (SSSR count). The molecule has 0 N–H and O–H groups in total. The van der Waals surface area contributed by atoms with Gasteiger partial charge in [-0.2, -0.15) is 0 Å². The Hall–Kier alpha value is -1.08. The number of amides is 1. The number of carbonyl (C=O) groups is 1. The predicted octanol–water partition coefficient (Wildman–Crippen LogP) is 5.18. The van der Waals surface area contributed by atoms with E-state index in [4.69, 9.17) is 12.2 Å². The number of anilines is 1. The molecule has 1 aliphatic heterocycles. The van der Waals surface area contributed by atoms with Crippen LogP contribution in [-0.2, 0) is 4.79 Å². The van der Waals surface area contributed by atoms with Crippen molar-refractivity contribution in [3.8, 4) is 0 Å². The SMILES string of the molecule is CSc1cccc(N2C(=O)/C(=C\c3ccc(C)s3)SC2=S)c1. The van der Waals surface area contributed by atoms with Gasteiger partial charge in [0.15, 0.2) is 4.32 Å². The van der Waals surface area contributed by atoms with Gasteiger partial charge in [-0.3, -0.25) is 9.69 Å². The van der Waals surface area contributed by atoms with E-state index in [1.165, 1.54) is 16.6 Å². The zero-order valence-corrected chi connectivity index (χ0v) is 15.3. The minimum Gasteiger partial charge on any atom is -0.268 e. The van der Waals surface area contributed by atoms with Crippen LogP contribution in [0.5, 0.6) is 0 Å². The molecule has 1 amide bonds. The van der Waals surface area contributed by atoms with Gasteiger partial charge in [0.1, 0.15) is 0 Å². The van der Waals surface area contributed by atoms with Crippen LogP contribution in [0, 0.1) is 6.92 Å². The molecule has 22 heavy (non-hydrogen) atoms. The van der Waals surface area contributed by atoms with Crippen molar-refractivity contribution in [2.75, 3.05) is 11.2 Å². The molecule has 0 spiro atoms. The molecule has 1 aromatic carbocycles. The number of benzene rings is 1. The topological polar surface area (TPSA) is 20.3 Å². The smallest absolute Gasteiger partial charge is 0.268 e. The lowest BCUT2D eigenvalue weighted by Crippen LogP contribution is -2.27. The Labute approximate surface area is 147 Å². The van der Waals surface area contributed by atoms with Crippen molar-refractivity contribution in [1.82, 2.24) is 0 Å². The molecular weight excluding hydrogens is 350 g/mol. The summed E-state index contributed by atoms with van der Waals surface area (Å²) in [5, 5.41) is 0. The van der Waals surface area contributed by atoms with Crippen molar-refractivity contribution < 1.29 is 4.79 Å². The number of thiophene rings is 1. The Kier molecular flexibility index (Phi) is 4.73. The number of rotatable bonds is 3. The molecule has 2 aromatic rings. The normalized spacial score (nSPS) is 16.8. The van der Waals surface area contributed by atoms with Crippen molar-refractivity contribution in [2.45, 2.75) is 11.8 Å². The Balaban J connectivity index is 1.92. The summed E-state index contributed by atoms with van der Waals surface area (Å²) in [6, 6.07) is 12.0. The Bertz CT molecular complexity index is 778. The molecule has 2 heterocycles. The first-order valence-electron chi connectivity index (χ1n) is 6.57. The van der Waals surface area contributed by atoms with Crippen LogP contribution in [0.3, 0.4) is 0 Å². The molecule has 112 valence electrons. The molecule has 6 heteroatoms. The second-order valence-electron chi connectivity index (χ2n) is 4.67. The molecule has 2 nitrogen and oxygen atoms in total.